The van der Waals surface area contributed by atoms with Crippen LogP contribution in [0.5, 0.6) is 0 Å². The van der Waals surface area contributed by atoms with Gasteiger partial charge in [0.2, 0.25) is 0 Å². The molecule has 1 aromatic heterocycles. The Morgan fingerprint density at radius 2 is 1.81 bits per heavy atom. The van der Waals surface area contributed by atoms with Crippen LogP contribution in [0.25, 0.3) is 0 Å². The van der Waals surface area contributed by atoms with Crippen molar-refractivity contribution in [1.82, 2.24) is 15.6 Å². The smallest absolute Gasteiger partial charge is 0.269 e. The highest BCUT2D eigenvalue weighted by molar-refractivity contribution is 5.99. The Kier molecular flexibility index (Phi) is 4.66. The summed E-state index contributed by atoms with van der Waals surface area (Å²) in [6.45, 7) is 3.45. The average molecular weight is 365 g/mol. The van der Waals surface area contributed by atoms with Crippen LogP contribution in [0.1, 0.15) is 44.9 Å². The number of nitrogens with one attached hydrogen (secondary N) is 2. The molecule has 2 fully saturated rings. The van der Waals surface area contributed by atoms with Gasteiger partial charge < -0.3 is 15.4 Å². The number of carbonyl (C=O) groups is 2. The Hall–Kier alpha value is -2.73. The third-order valence-electron chi connectivity index (χ3n) is 5.56. The molecule has 2 aromatic rings. The van der Waals surface area contributed by atoms with Gasteiger partial charge in [-0.25, -0.2) is 4.98 Å². The molecular formula is C21H23N3O3. The molecule has 1 saturated carbocycles. The number of amides is 2. The minimum absolute atomic E-state index is 0.0314. The second kappa shape index (κ2) is 7.12. The summed E-state index contributed by atoms with van der Waals surface area (Å²) in [6.07, 6.45) is 0. The van der Waals surface area contributed by atoms with Crippen LogP contribution < -0.4 is 10.6 Å². The Balaban J connectivity index is 1.62. The van der Waals surface area contributed by atoms with E-state index >= 15 is 0 Å². The quantitative estimate of drug-likeness (QED) is 0.849. The van der Waals surface area contributed by atoms with Gasteiger partial charge in [0.15, 0.2) is 0 Å². The highest BCUT2D eigenvalue weighted by Gasteiger charge is 2.54. The van der Waals surface area contributed by atoms with Crippen LogP contribution in [0, 0.1) is 11.8 Å². The van der Waals surface area contributed by atoms with E-state index < -0.39 is 0 Å². The molecule has 2 heterocycles. The molecule has 27 heavy (non-hydrogen) atoms. The number of fused-ring (bicyclic) bond motifs is 1. The van der Waals surface area contributed by atoms with Crippen LogP contribution in [-0.4, -0.2) is 43.1 Å². The summed E-state index contributed by atoms with van der Waals surface area (Å²) in [4.78, 5) is 29.5. The van der Waals surface area contributed by atoms with Gasteiger partial charge in [0.25, 0.3) is 11.8 Å². The van der Waals surface area contributed by atoms with Gasteiger partial charge in [0, 0.05) is 42.1 Å². The molecule has 0 spiro atoms. The predicted molar refractivity (Wildman–Crippen MR) is 101 cm³/mol. The SMILES string of the molecule is CNC(=O)c1cc(C(=O)NC2[C@H]3COC[C@@H]23)cc(C(C)c2ccccc2)n1. The van der Waals surface area contributed by atoms with Crippen LogP contribution in [0.15, 0.2) is 42.5 Å². The molecule has 4 atom stereocenters. The molecule has 0 radical (unpaired) electrons. The second-order valence-electron chi connectivity index (χ2n) is 7.24. The highest BCUT2D eigenvalue weighted by Crippen LogP contribution is 2.44. The summed E-state index contributed by atoms with van der Waals surface area (Å²) in [7, 11) is 1.56. The van der Waals surface area contributed by atoms with Crippen molar-refractivity contribution < 1.29 is 14.3 Å². The molecular weight excluding hydrogens is 342 g/mol. The summed E-state index contributed by atoms with van der Waals surface area (Å²) in [6, 6.07) is 13.5. The lowest BCUT2D eigenvalue weighted by molar-refractivity contribution is 0.0928. The van der Waals surface area contributed by atoms with E-state index in [0.717, 1.165) is 5.56 Å². The van der Waals surface area contributed by atoms with Crippen molar-refractivity contribution in [3.05, 3.63) is 65.0 Å². The van der Waals surface area contributed by atoms with E-state index in [1.54, 1.807) is 19.2 Å². The van der Waals surface area contributed by atoms with Gasteiger partial charge in [0.1, 0.15) is 5.69 Å². The third kappa shape index (κ3) is 3.45. The van der Waals surface area contributed by atoms with Crippen molar-refractivity contribution in [3.8, 4) is 0 Å². The fraction of sp³-hybridized carbons (Fsp3) is 0.381. The van der Waals surface area contributed by atoms with Crippen LogP contribution in [-0.2, 0) is 4.74 Å². The van der Waals surface area contributed by atoms with Gasteiger partial charge >= 0.3 is 0 Å². The first-order chi connectivity index (χ1) is 13.1. The normalized spacial score (nSPS) is 24.0. The van der Waals surface area contributed by atoms with Gasteiger partial charge in [-0.05, 0) is 17.7 Å². The van der Waals surface area contributed by atoms with Gasteiger partial charge in [-0.2, -0.15) is 0 Å². The maximum absolute atomic E-state index is 12.8. The second-order valence-corrected chi connectivity index (χ2v) is 7.24. The van der Waals surface area contributed by atoms with Gasteiger partial charge in [0.05, 0.1) is 13.2 Å². The van der Waals surface area contributed by atoms with E-state index in [9.17, 15) is 9.59 Å². The summed E-state index contributed by atoms with van der Waals surface area (Å²) >= 11 is 0. The molecule has 2 unspecified atom stereocenters. The number of rotatable bonds is 5. The average Bonchev–Trinajstić information content (AvgIpc) is 3.13. The summed E-state index contributed by atoms with van der Waals surface area (Å²) in [5, 5.41) is 5.67. The number of hydrogen-bond acceptors (Lipinski definition) is 4. The zero-order valence-electron chi connectivity index (χ0n) is 15.4. The number of nitrogens with zero attached hydrogens (tertiary/aromatic N) is 1. The molecule has 6 nitrogen and oxygen atoms in total. The zero-order chi connectivity index (χ0) is 19.0. The monoisotopic (exact) mass is 365 g/mol. The van der Waals surface area contributed by atoms with E-state index in [1.165, 1.54) is 0 Å². The third-order valence-corrected chi connectivity index (χ3v) is 5.56. The zero-order valence-corrected chi connectivity index (χ0v) is 15.4. The molecule has 0 bridgehead atoms. The summed E-state index contributed by atoms with van der Waals surface area (Å²) < 4.78 is 5.37. The van der Waals surface area contributed by atoms with E-state index in [4.69, 9.17) is 4.74 Å². The minimum atomic E-state index is -0.303. The molecule has 2 N–H and O–H groups in total. The highest BCUT2D eigenvalue weighted by atomic mass is 16.5. The maximum atomic E-state index is 12.8. The number of ether oxygens (including phenoxy) is 1. The summed E-state index contributed by atoms with van der Waals surface area (Å²) in [5.74, 6) is 0.358. The van der Waals surface area contributed by atoms with E-state index in [0.29, 0.717) is 36.3 Å². The fourth-order valence-electron chi connectivity index (χ4n) is 3.75. The number of aromatic nitrogens is 1. The lowest BCUT2D eigenvalue weighted by Gasteiger charge is -2.15. The maximum Gasteiger partial charge on any atom is 0.269 e. The standard InChI is InChI=1S/C21H23N3O3/c1-12(13-6-4-3-5-7-13)17-8-14(9-18(23-17)21(26)22-2)20(25)24-19-15-10-27-11-16(15)19/h3-9,12,15-16,19H,10-11H2,1-2H3,(H,22,26)(H,24,25)/t12?,15-,16+,19?. The lowest BCUT2D eigenvalue weighted by atomic mass is 9.96. The van der Waals surface area contributed by atoms with Crippen LogP contribution in [0.3, 0.4) is 0 Å². The molecule has 2 aliphatic rings. The fourth-order valence-corrected chi connectivity index (χ4v) is 3.75. The lowest BCUT2D eigenvalue weighted by Crippen LogP contribution is -2.30. The Morgan fingerprint density at radius 3 is 2.48 bits per heavy atom. The van der Waals surface area contributed by atoms with Gasteiger partial charge in [-0.15, -0.1) is 0 Å². The van der Waals surface area contributed by atoms with Crippen molar-refractivity contribution in [2.45, 2.75) is 18.9 Å². The molecule has 2 amide bonds. The number of benzene rings is 1. The molecule has 4 rings (SSSR count). The van der Waals surface area contributed by atoms with E-state index in [2.05, 4.69) is 15.6 Å². The predicted octanol–water partition coefficient (Wildman–Crippen LogP) is 1.97. The molecule has 6 heteroatoms. The van der Waals surface area contributed by atoms with Crippen molar-refractivity contribution in [2.75, 3.05) is 20.3 Å². The van der Waals surface area contributed by atoms with Gasteiger partial charge in [-0.3, -0.25) is 9.59 Å². The topological polar surface area (TPSA) is 80.3 Å². The van der Waals surface area contributed by atoms with Crippen LogP contribution in [0.2, 0.25) is 0 Å². The Bertz CT molecular complexity index is 858. The molecule has 1 aliphatic heterocycles. The summed E-state index contributed by atoms with van der Waals surface area (Å²) in [5.41, 5.74) is 2.50. The number of pyridine rings is 1. The number of carbonyl (C=O) groups excluding carboxylic acids is 2. The first-order valence-electron chi connectivity index (χ1n) is 9.26. The van der Waals surface area contributed by atoms with Crippen molar-refractivity contribution in [1.29, 1.82) is 0 Å². The Labute approximate surface area is 158 Å². The number of hydrogen-bond donors (Lipinski definition) is 2. The van der Waals surface area contributed by atoms with Crippen LogP contribution in [0.4, 0.5) is 0 Å². The molecule has 1 aromatic carbocycles. The van der Waals surface area contributed by atoms with E-state index in [1.807, 2.05) is 37.3 Å². The van der Waals surface area contributed by atoms with Crippen molar-refractivity contribution in [2.24, 2.45) is 11.8 Å². The Morgan fingerprint density at radius 1 is 1.11 bits per heavy atom. The minimum Gasteiger partial charge on any atom is -0.381 e. The van der Waals surface area contributed by atoms with Crippen molar-refractivity contribution >= 4 is 11.8 Å². The first-order valence-corrected chi connectivity index (χ1v) is 9.26. The first kappa shape index (κ1) is 17.7. The van der Waals surface area contributed by atoms with E-state index in [-0.39, 0.29) is 29.5 Å². The van der Waals surface area contributed by atoms with Gasteiger partial charge in [-0.1, -0.05) is 37.3 Å². The van der Waals surface area contributed by atoms with Crippen LogP contribution >= 0.6 is 0 Å². The largest absolute Gasteiger partial charge is 0.381 e. The molecule has 1 aliphatic carbocycles. The molecule has 1 saturated heterocycles. The van der Waals surface area contributed by atoms with Crippen molar-refractivity contribution in [3.63, 3.8) is 0 Å². The molecule has 140 valence electrons.